The second-order valence-electron chi connectivity index (χ2n) is 3.99. The zero-order chi connectivity index (χ0) is 13.6. The lowest BCUT2D eigenvalue weighted by Gasteiger charge is -1.99. The Morgan fingerprint density at radius 3 is 2.68 bits per heavy atom. The van der Waals surface area contributed by atoms with E-state index in [9.17, 15) is 0 Å². The fourth-order valence-corrected chi connectivity index (χ4v) is 3.12. The first-order valence-corrected chi connectivity index (χ1v) is 7.32. The number of hydrogen-bond donors (Lipinski definition) is 1. The van der Waals surface area contributed by atoms with Crippen LogP contribution < -0.4 is 5.73 Å². The molecule has 1 heterocycles. The second kappa shape index (κ2) is 4.81. The van der Waals surface area contributed by atoms with E-state index in [1.54, 1.807) is 18.2 Å². The number of hydrogen-bond acceptors (Lipinski definition) is 3. The number of nitrogens with two attached hydrogens (primary N) is 1. The molecule has 0 aliphatic rings. The van der Waals surface area contributed by atoms with Crippen molar-refractivity contribution in [2.24, 2.45) is 0 Å². The first-order chi connectivity index (χ1) is 9.04. The number of anilines is 1. The van der Waals surface area contributed by atoms with E-state index >= 15 is 0 Å². The molecule has 0 amide bonds. The number of benzene rings is 2. The van der Waals surface area contributed by atoms with Crippen molar-refractivity contribution < 1.29 is 4.42 Å². The third-order valence-electron chi connectivity index (χ3n) is 2.65. The van der Waals surface area contributed by atoms with Gasteiger partial charge in [-0.05, 0) is 46.3 Å². The van der Waals surface area contributed by atoms with Crippen LogP contribution in [0.3, 0.4) is 0 Å². The number of oxazole rings is 1. The topological polar surface area (TPSA) is 52.0 Å². The SMILES string of the molecule is Nc1cc(Br)cc2nc(-c3ccc(Cl)cc3Br)oc12. The summed E-state index contributed by atoms with van der Waals surface area (Å²) in [7, 11) is 0. The molecule has 0 fully saturated rings. The molecule has 3 nitrogen and oxygen atoms in total. The van der Waals surface area contributed by atoms with Crippen LogP contribution in [-0.2, 0) is 0 Å². The summed E-state index contributed by atoms with van der Waals surface area (Å²) < 4.78 is 7.42. The fourth-order valence-electron chi connectivity index (χ4n) is 1.80. The maximum Gasteiger partial charge on any atom is 0.228 e. The smallest absolute Gasteiger partial charge is 0.228 e. The molecule has 0 bridgehead atoms. The van der Waals surface area contributed by atoms with Crippen molar-refractivity contribution in [2.45, 2.75) is 0 Å². The van der Waals surface area contributed by atoms with Crippen LogP contribution in [0.5, 0.6) is 0 Å². The first kappa shape index (κ1) is 13.0. The van der Waals surface area contributed by atoms with E-state index in [1.165, 1.54) is 0 Å². The molecule has 96 valence electrons. The summed E-state index contributed by atoms with van der Waals surface area (Å²) in [6.07, 6.45) is 0. The van der Waals surface area contributed by atoms with Crippen molar-refractivity contribution in [1.82, 2.24) is 4.98 Å². The van der Waals surface area contributed by atoms with E-state index in [1.807, 2.05) is 12.1 Å². The summed E-state index contributed by atoms with van der Waals surface area (Å²) in [5.41, 5.74) is 8.59. The molecule has 19 heavy (non-hydrogen) atoms. The average Bonchev–Trinajstić information content (AvgIpc) is 2.72. The number of nitrogens with zero attached hydrogens (tertiary/aromatic N) is 1. The van der Waals surface area contributed by atoms with E-state index in [2.05, 4.69) is 36.8 Å². The van der Waals surface area contributed by atoms with Gasteiger partial charge < -0.3 is 10.2 Å². The highest BCUT2D eigenvalue weighted by atomic mass is 79.9. The molecule has 2 N–H and O–H groups in total. The molecule has 0 aliphatic heterocycles. The Kier molecular flexibility index (Phi) is 3.28. The molecule has 3 aromatic rings. The zero-order valence-electron chi connectivity index (χ0n) is 9.45. The highest BCUT2D eigenvalue weighted by Gasteiger charge is 2.14. The van der Waals surface area contributed by atoms with E-state index in [-0.39, 0.29) is 0 Å². The summed E-state index contributed by atoms with van der Waals surface area (Å²) in [6, 6.07) is 9.08. The van der Waals surface area contributed by atoms with Gasteiger partial charge in [-0.1, -0.05) is 27.5 Å². The normalized spacial score (nSPS) is 11.1. The van der Waals surface area contributed by atoms with Gasteiger partial charge in [-0.2, -0.15) is 0 Å². The van der Waals surface area contributed by atoms with Crippen LogP contribution in [0.1, 0.15) is 0 Å². The van der Waals surface area contributed by atoms with Crippen LogP contribution in [0, 0.1) is 0 Å². The lowest BCUT2D eigenvalue weighted by molar-refractivity contribution is 0.620. The maximum absolute atomic E-state index is 5.92. The molecular weight excluding hydrogens is 395 g/mol. The van der Waals surface area contributed by atoms with Crippen LogP contribution in [0.15, 0.2) is 43.7 Å². The van der Waals surface area contributed by atoms with Gasteiger partial charge in [0.25, 0.3) is 0 Å². The predicted molar refractivity (Wildman–Crippen MR) is 84.3 cm³/mol. The molecule has 0 aliphatic carbocycles. The molecule has 6 heteroatoms. The highest BCUT2D eigenvalue weighted by Crippen LogP contribution is 2.34. The Bertz CT molecular complexity index is 786. The van der Waals surface area contributed by atoms with Crippen LogP contribution in [0.25, 0.3) is 22.6 Å². The molecule has 0 radical (unpaired) electrons. The second-order valence-corrected chi connectivity index (χ2v) is 6.19. The first-order valence-electron chi connectivity index (χ1n) is 5.35. The fraction of sp³-hybridized carbons (Fsp3) is 0. The molecule has 1 aromatic heterocycles. The number of rotatable bonds is 1. The van der Waals surface area contributed by atoms with Gasteiger partial charge in [0.05, 0.1) is 11.3 Å². The summed E-state index contributed by atoms with van der Waals surface area (Å²) in [5, 5.41) is 0.647. The Labute approximate surface area is 131 Å². The van der Waals surface area contributed by atoms with E-state index < -0.39 is 0 Å². The van der Waals surface area contributed by atoms with Gasteiger partial charge >= 0.3 is 0 Å². The van der Waals surface area contributed by atoms with Gasteiger partial charge in [0.1, 0.15) is 5.52 Å². The summed E-state index contributed by atoms with van der Waals surface area (Å²) >= 11 is 12.8. The van der Waals surface area contributed by atoms with Crippen LogP contribution in [0.2, 0.25) is 5.02 Å². The average molecular weight is 402 g/mol. The van der Waals surface area contributed by atoms with Crippen molar-refractivity contribution in [3.8, 4) is 11.5 Å². The largest absolute Gasteiger partial charge is 0.434 e. The standard InChI is InChI=1S/C13H7Br2ClN2O/c14-6-3-10(17)12-11(4-6)18-13(19-12)8-2-1-7(16)5-9(8)15/h1-5H,17H2. The monoisotopic (exact) mass is 400 g/mol. The van der Waals surface area contributed by atoms with Gasteiger partial charge in [-0.15, -0.1) is 0 Å². The van der Waals surface area contributed by atoms with E-state index in [0.717, 1.165) is 14.5 Å². The van der Waals surface area contributed by atoms with Crippen molar-refractivity contribution >= 4 is 60.2 Å². The third kappa shape index (κ3) is 2.38. The van der Waals surface area contributed by atoms with Gasteiger partial charge in [-0.25, -0.2) is 4.98 Å². The lowest BCUT2D eigenvalue weighted by Crippen LogP contribution is -1.84. The quantitative estimate of drug-likeness (QED) is 0.565. The number of halogens is 3. The van der Waals surface area contributed by atoms with Crippen molar-refractivity contribution in [3.63, 3.8) is 0 Å². The predicted octanol–water partition coefficient (Wildman–Crippen LogP) is 5.26. The Morgan fingerprint density at radius 2 is 1.95 bits per heavy atom. The zero-order valence-corrected chi connectivity index (χ0v) is 13.4. The Hall–Kier alpha value is -1.04. The summed E-state index contributed by atoms with van der Waals surface area (Å²) in [5.74, 6) is 0.503. The van der Waals surface area contributed by atoms with Gasteiger partial charge in [0.15, 0.2) is 5.58 Å². The van der Waals surface area contributed by atoms with Crippen molar-refractivity contribution in [3.05, 3.63) is 44.3 Å². The summed E-state index contributed by atoms with van der Waals surface area (Å²) in [6.45, 7) is 0. The van der Waals surface area contributed by atoms with Gasteiger partial charge in [0.2, 0.25) is 5.89 Å². The minimum atomic E-state index is 0.503. The minimum absolute atomic E-state index is 0.503. The van der Waals surface area contributed by atoms with Crippen LogP contribution in [-0.4, -0.2) is 4.98 Å². The van der Waals surface area contributed by atoms with E-state index in [0.29, 0.717) is 27.7 Å². The van der Waals surface area contributed by atoms with Crippen LogP contribution in [0.4, 0.5) is 5.69 Å². The molecule has 0 unspecified atom stereocenters. The number of aromatic nitrogens is 1. The maximum atomic E-state index is 5.92. The molecule has 2 aromatic carbocycles. The third-order valence-corrected chi connectivity index (χ3v) is 3.99. The van der Waals surface area contributed by atoms with Crippen molar-refractivity contribution in [2.75, 3.05) is 5.73 Å². The lowest BCUT2D eigenvalue weighted by atomic mass is 10.2. The van der Waals surface area contributed by atoms with Crippen LogP contribution >= 0.6 is 43.5 Å². The van der Waals surface area contributed by atoms with Crippen molar-refractivity contribution in [1.29, 1.82) is 0 Å². The molecule has 0 atom stereocenters. The molecule has 0 saturated heterocycles. The Balaban J connectivity index is 2.23. The molecule has 0 spiro atoms. The molecular formula is C13H7Br2ClN2O. The number of nitrogen functional groups attached to an aromatic ring is 1. The van der Waals surface area contributed by atoms with Gasteiger partial charge in [0, 0.05) is 14.0 Å². The molecule has 0 saturated carbocycles. The minimum Gasteiger partial charge on any atom is -0.434 e. The van der Waals surface area contributed by atoms with E-state index in [4.69, 9.17) is 21.8 Å². The van der Waals surface area contributed by atoms with Gasteiger partial charge in [-0.3, -0.25) is 0 Å². The summed E-state index contributed by atoms with van der Waals surface area (Å²) in [4.78, 5) is 4.45. The molecule has 3 rings (SSSR count). The highest BCUT2D eigenvalue weighted by molar-refractivity contribution is 9.10. The Morgan fingerprint density at radius 1 is 1.16 bits per heavy atom. The number of fused-ring (bicyclic) bond motifs is 1.